The van der Waals surface area contributed by atoms with Crippen LogP contribution in [-0.2, 0) is 0 Å². The molecule has 0 bridgehead atoms. The minimum absolute atomic E-state index is 0.599. The predicted octanol–water partition coefficient (Wildman–Crippen LogP) is 13.9. The lowest BCUT2D eigenvalue weighted by Gasteiger charge is -2.10. The minimum Gasteiger partial charge on any atom is -0.456 e. The Morgan fingerprint density at radius 2 is 0.842 bits per heavy atom. The third kappa shape index (κ3) is 4.91. The van der Waals surface area contributed by atoms with Gasteiger partial charge in [-0.3, -0.25) is 0 Å². The summed E-state index contributed by atoms with van der Waals surface area (Å²) in [6.45, 7) is 0. The second kappa shape index (κ2) is 12.6. The Morgan fingerprint density at radius 3 is 1.49 bits per heavy atom. The number of thiophene rings is 1. The smallest absolute Gasteiger partial charge is 0.164 e. The van der Waals surface area contributed by atoms with Gasteiger partial charge in [0.2, 0.25) is 0 Å². The highest BCUT2D eigenvalue weighted by atomic mass is 32.1. The Balaban J connectivity index is 1.11. The van der Waals surface area contributed by atoms with Gasteiger partial charge in [-0.2, -0.15) is 0 Å². The molecule has 0 atom stereocenters. The Labute approximate surface area is 330 Å². The molecule has 4 heterocycles. The summed E-state index contributed by atoms with van der Waals surface area (Å²) < 4.78 is 11.6. The Bertz CT molecular complexity index is 3420. The second-order valence-corrected chi connectivity index (χ2v) is 15.3. The van der Waals surface area contributed by atoms with Gasteiger partial charge in [-0.05, 0) is 35.9 Å². The van der Waals surface area contributed by atoms with Gasteiger partial charge in [-0.15, -0.1) is 11.3 Å². The van der Waals surface area contributed by atoms with Crippen molar-refractivity contribution in [3.63, 3.8) is 0 Å². The van der Waals surface area contributed by atoms with Gasteiger partial charge in [0.05, 0.1) is 21.4 Å². The van der Waals surface area contributed by atoms with Gasteiger partial charge >= 0.3 is 0 Å². The van der Waals surface area contributed by atoms with Crippen molar-refractivity contribution in [2.75, 3.05) is 0 Å². The Kier molecular flexibility index (Phi) is 7.03. The van der Waals surface area contributed by atoms with Crippen LogP contribution in [0.5, 0.6) is 0 Å². The van der Waals surface area contributed by atoms with Gasteiger partial charge in [0, 0.05) is 59.3 Å². The number of furan rings is 1. The molecular weight excluding hydrogens is 717 g/mol. The fraction of sp³-hybridized carbons (Fsp3) is 0. The van der Waals surface area contributed by atoms with Crippen LogP contribution < -0.4 is 0 Å². The molecule has 12 rings (SSSR count). The van der Waals surface area contributed by atoms with Crippen molar-refractivity contribution in [2.24, 2.45) is 0 Å². The number of rotatable bonds is 5. The molecule has 0 fully saturated rings. The van der Waals surface area contributed by atoms with E-state index in [0.29, 0.717) is 17.5 Å². The molecule has 6 heteroatoms. The van der Waals surface area contributed by atoms with Gasteiger partial charge in [0.25, 0.3) is 0 Å². The standard InChI is InChI=1S/C51H30N4OS/c1-3-15-31(16-4-1)49-52-50(32-17-5-2-6-18-32)54-51(53-49)39-25-14-30-44-46(39)45-35(21-13-29-43(45)56-44)36-22-11-23-37-38-24-12-28-42(48(38)57-47(36)37)55-40-26-9-7-19-33(40)34-20-8-10-27-41(34)55/h1-30H. The van der Waals surface area contributed by atoms with Crippen molar-refractivity contribution in [1.82, 2.24) is 19.5 Å². The second-order valence-electron chi connectivity index (χ2n) is 14.3. The predicted molar refractivity (Wildman–Crippen MR) is 236 cm³/mol. The van der Waals surface area contributed by atoms with Crippen molar-refractivity contribution >= 4 is 75.3 Å². The lowest BCUT2D eigenvalue weighted by Crippen LogP contribution is -2.00. The highest BCUT2D eigenvalue weighted by Gasteiger charge is 2.22. The largest absolute Gasteiger partial charge is 0.456 e. The molecule has 0 saturated heterocycles. The van der Waals surface area contributed by atoms with Crippen molar-refractivity contribution in [2.45, 2.75) is 0 Å². The molecule has 0 aliphatic heterocycles. The van der Waals surface area contributed by atoms with E-state index in [1.54, 1.807) is 0 Å². The first-order valence-electron chi connectivity index (χ1n) is 19.0. The van der Waals surface area contributed by atoms with E-state index in [4.69, 9.17) is 19.4 Å². The fourth-order valence-electron chi connectivity index (χ4n) is 8.58. The fourth-order valence-corrected chi connectivity index (χ4v) is 9.91. The highest BCUT2D eigenvalue weighted by Crippen LogP contribution is 2.47. The van der Waals surface area contributed by atoms with Gasteiger partial charge in [0.1, 0.15) is 11.2 Å². The molecule has 0 radical (unpaired) electrons. The van der Waals surface area contributed by atoms with E-state index in [1.165, 1.54) is 47.7 Å². The summed E-state index contributed by atoms with van der Waals surface area (Å²) in [5, 5.41) is 7.01. The van der Waals surface area contributed by atoms with Gasteiger partial charge < -0.3 is 8.98 Å². The van der Waals surface area contributed by atoms with E-state index in [-0.39, 0.29) is 0 Å². The summed E-state index contributed by atoms with van der Waals surface area (Å²) in [6.07, 6.45) is 0. The van der Waals surface area contributed by atoms with Crippen LogP contribution in [0.3, 0.4) is 0 Å². The maximum absolute atomic E-state index is 6.66. The number of aromatic nitrogens is 4. The SMILES string of the molecule is c1ccc(-c2nc(-c3ccccc3)nc(-c3cccc4oc5cccc(-c6cccc7c6sc6c(-n8c9ccccc9c9ccccc98)cccc67)c5c34)n2)cc1. The number of fused-ring (bicyclic) bond motifs is 9. The maximum atomic E-state index is 6.66. The average Bonchev–Trinajstić information content (AvgIpc) is 3.97. The van der Waals surface area contributed by atoms with Crippen LogP contribution in [0.15, 0.2) is 186 Å². The summed E-state index contributed by atoms with van der Waals surface area (Å²) >= 11 is 1.86. The first kappa shape index (κ1) is 31.9. The molecule has 8 aromatic carbocycles. The number of nitrogens with zero attached hydrogens (tertiary/aromatic N) is 4. The third-order valence-electron chi connectivity index (χ3n) is 11.1. The number of para-hydroxylation sites is 2. The molecule has 12 aromatic rings. The Morgan fingerprint density at radius 1 is 0.368 bits per heavy atom. The van der Waals surface area contributed by atoms with E-state index in [1.807, 2.05) is 84.1 Å². The lowest BCUT2D eigenvalue weighted by molar-refractivity contribution is 0.669. The first-order chi connectivity index (χ1) is 28.3. The molecule has 0 amide bonds. The summed E-state index contributed by atoms with van der Waals surface area (Å²) in [4.78, 5) is 15.2. The van der Waals surface area contributed by atoms with E-state index >= 15 is 0 Å². The topological polar surface area (TPSA) is 56.7 Å². The van der Waals surface area contributed by atoms with Gasteiger partial charge in [0.15, 0.2) is 17.5 Å². The van der Waals surface area contributed by atoms with Crippen molar-refractivity contribution in [3.8, 4) is 51.0 Å². The minimum atomic E-state index is 0.599. The molecule has 0 spiro atoms. The summed E-state index contributed by atoms with van der Waals surface area (Å²) in [6, 6.07) is 63.6. The Hall–Kier alpha value is -7.41. The molecule has 0 saturated carbocycles. The first-order valence-corrected chi connectivity index (χ1v) is 19.8. The van der Waals surface area contributed by atoms with Crippen LogP contribution in [-0.4, -0.2) is 19.5 Å². The van der Waals surface area contributed by atoms with E-state index in [0.717, 1.165) is 49.8 Å². The van der Waals surface area contributed by atoms with Crippen LogP contribution in [0.25, 0.3) is 115 Å². The maximum Gasteiger partial charge on any atom is 0.164 e. The summed E-state index contributed by atoms with van der Waals surface area (Å²) in [5.74, 6) is 1.85. The monoisotopic (exact) mass is 746 g/mol. The van der Waals surface area contributed by atoms with Crippen molar-refractivity contribution in [3.05, 3.63) is 182 Å². The van der Waals surface area contributed by atoms with Crippen LogP contribution in [0.2, 0.25) is 0 Å². The summed E-state index contributed by atoms with van der Waals surface area (Å²) in [5.41, 5.74) is 10.2. The normalized spacial score (nSPS) is 11.9. The molecule has 0 unspecified atom stereocenters. The van der Waals surface area contributed by atoms with Crippen LogP contribution in [0.1, 0.15) is 0 Å². The highest BCUT2D eigenvalue weighted by molar-refractivity contribution is 7.26. The number of hydrogen-bond acceptors (Lipinski definition) is 5. The molecule has 266 valence electrons. The molecule has 0 aliphatic rings. The zero-order valence-electron chi connectivity index (χ0n) is 30.4. The average molecular weight is 747 g/mol. The molecular formula is C51H30N4OS. The molecule has 5 nitrogen and oxygen atoms in total. The zero-order chi connectivity index (χ0) is 37.5. The van der Waals surface area contributed by atoms with E-state index < -0.39 is 0 Å². The van der Waals surface area contributed by atoms with Crippen LogP contribution >= 0.6 is 11.3 Å². The quantitative estimate of drug-likeness (QED) is 0.176. The van der Waals surface area contributed by atoms with Gasteiger partial charge in [-0.25, -0.2) is 15.0 Å². The lowest BCUT2D eigenvalue weighted by atomic mass is 9.96. The van der Waals surface area contributed by atoms with Gasteiger partial charge in [-0.1, -0.05) is 152 Å². The zero-order valence-corrected chi connectivity index (χ0v) is 31.2. The van der Waals surface area contributed by atoms with Crippen LogP contribution in [0, 0.1) is 0 Å². The molecule has 0 aliphatic carbocycles. The third-order valence-corrected chi connectivity index (χ3v) is 12.4. The number of hydrogen-bond donors (Lipinski definition) is 0. The molecule has 57 heavy (non-hydrogen) atoms. The van der Waals surface area contributed by atoms with Crippen molar-refractivity contribution < 1.29 is 4.42 Å². The number of benzene rings is 8. The van der Waals surface area contributed by atoms with E-state index in [2.05, 4.69) is 114 Å². The summed E-state index contributed by atoms with van der Waals surface area (Å²) in [7, 11) is 0. The molecule has 4 aromatic heterocycles. The van der Waals surface area contributed by atoms with Crippen molar-refractivity contribution in [1.29, 1.82) is 0 Å². The molecule has 0 N–H and O–H groups in total. The van der Waals surface area contributed by atoms with E-state index in [9.17, 15) is 0 Å². The van der Waals surface area contributed by atoms with Crippen LogP contribution in [0.4, 0.5) is 0 Å².